The molecule has 17 heavy (non-hydrogen) atoms. The third kappa shape index (κ3) is 5.13. The fourth-order valence-corrected chi connectivity index (χ4v) is 2.85. The number of thioether (sulfide) groups is 1. The average molecular weight is 255 g/mol. The molecule has 0 saturated heterocycles. The van der Waals surface area contributed by atoms with E-state index < -0.39 is 0 Å². The second kappa shape index (κ2) is 7.77. The fraction of sp³-hybridized carbons (Fsp3) is 0.769. The Labute approximate surface area is 109 Å². The molecule has 4 heteroatoms. The summed E-state index contributed by atoms with van der Waals surface area (Å²) in [6.45, 7) is 7.81. The molecule has 1 aromatic rings. The molecular weight excluding hydrogens is 230 g/mol. The van der Waals surface area contributed by atoms with E-state index in [4.69, 9.17) is 0 Å². The number of aryl methyl sites for hydroxylation is 1. The first-order valence-electron chi connectivity index (χ1n) is 6.44. The van der Waals surface area contributed by atoms with E-state index in [-0.39, 0.29) is 0 Å². The van der Waals surface area contributed by atoms with E-state index in [1.54, 1.807) is 0 Å². The molecule has 0 aliphatic heterocycles. The Morgan fingerprint density at radius 1 is 1.41 bits per heavy atom. The Morgan fingerprint density at radius 3 is 2.71 bits per heavy atom. The van der Waals surface area contributed by atoms with Crippen LogP contribution < -0.4 is 5.32 Å². The molecule has 1 atom stereocenters. The van der Waals surface area contributed by atoms with Crippen LogP contribution in [0.1, 0.15) is 38.9 Å². The van der Waals surface area contributed by atoms with Gasteiger partial charge < -0.3 is 5.32 Å². The summed E-state index contributed by atoms with van der Waals surface area (Å²) in [5, 5.41) is 7.86. The van der Waals surface area contributed by atoms with Crippen molar-refractivity contribution in [3.05, 3.63) is 18.0 Å². The summed E-state index contributed by atoms with van der Waals surface area (Å²) in [5.74, 6) is 3.11. The summed E-state index contributed by atoms with van der Waals surface area (Å²) in [7, 11) is 2.02. The predicted molar refractivity (Wildman–Crippen MR) is 76.4 cm³/mol. The van der Waals surface area contributed by atoms with Gasteiger partial charge in [-0.25, -0.2) is 0 Å². The maximum Gasteiger partial charge on any atom is 0.0583 e. The molecular formula is C13H25N3S. The molecule has 1 unspecified atom stereocenters. The Balaban J connectivity index is 2.52. The van der Waals surface area contributed by atoms with Crippen molar-refractivity contribution >= 4 is 11.8 Å². The first-order valence-corrected chi connectivity index (χ1v) is 7.59. The minimum Gasteiger partial charge on any atom is -0.308 e. The van der Waals surface area contributed by atoms with Gasteiger partial charge in [0.15, 0.2) is 0 Å². The number of nitrogens with one attached hydrogen (secondary N) is 1. The highest BCUT2D eigenvalue weighted by atomic mass is 32.2. The average Bonchev–Trinajstić information content (AvgIpc) is 2.69. The molecule has 1 aromatic heterocycles. The van der Waals surface area contributed by atoms with Crippen LogP contribution in [-0.4, -0.2) is 27.8 Å². The number of hydrogen-bond donors (Lipinski definition) is 1. The van der Waals surface area contributed by atoms with Crippen LogP contribution in [0.3, 0.4) is 0 Å². The van der Waals surface area contributed by atoms with Gasteiger partial charge in [-0.1, -0.05) is 20.8 Å². The van der Waals surface area contributed by atoms with Gasteiger partial charge in [0, 0.05) is 19.0 Å². The van der Waals surface area contributed by atoms with Crippen molar-refractivity contribution in [2.24, 2.45) is 13.0 Å². The van der Waals surface area contributed by atoms with Crippen LogP contribution in [0, 0.1) is 5.92 Å². The lowest BCUT2D eigenvalue weighted by Crippen LogP contribution is -2.26. The molecule has 0 radical (unpaired) electrons. The van der Waals surface area contributed by atoms with E-state index in [9.17, 15) is 0 Å². The summed E-state index contributed by atoms with van der Waals surface area (Å²) in [5.41, 5.74) is 1.29. The Bertz CT molecular complexity index is 309. The van der Waals surface area contributed by atoms with Crippen LogP contribution in [-0.2, 0) is 7.05 Å². The van der Waals surface area contributed by atoms with Crippen LogP contribution >= 0.6 is 11.8 Å². The van der Waals surface area contributed by atoms with E-state index >= 15 is 0 Å². The van der Waals surface area contributed by atoms with Gasteiger partial charge in [-0.05, 0) is 30.7 Å². The van der Waals surface area contributed by atoms with Gasteiger partial charge in [-0.2, -0.15) is 16.9 Å². The number of aromatic nitrogens is 2. The zero-order valence-corrected chi connectivity index (χ0v) is 12.3. The van der Waals surface area contributed by atoms with Gasteiger partial charge in [0.25, 0.3) is 0 Å². The first-order chi connectivity index (χ1) is 8.15. The minimum atomic E-state index is 0.422. The van der Waals surface area contributed by atoms with E-state index in [1.807, 2.05) is 29.7 Å². The van der Waals surface area contributed by atoms with Crippen LogP contribution in [0.15, 0.2) is 12.3 Å². The minimum absolute atomic E-state index is 0.422. The molecule has 0 bridgehead atoms. The van der Waals surface area contributed by atoms with Crippen molar-refractivity contribution in [2.45, 2.75) is 33.2 Å². The molecule has 0 aliphatic rings. The zero-order valence-electron chi connectivity index (χ0n) is 11.4. The lowest BCUT2D eigenvalue weighted by Gasteiger charge is -2.19. The van der Waals surface area contributed by atoms with E-state index in [2.05, 4.69) is 37.3 Å². The Hall–Kier alpha value is -0.480. The summed E-state index contributed by atoms with van der Waals surface area (Å²) >= 11 is 2.02. The van der Waals surface area contributed by atoms with Gasteiger partial charge in [-0.15, -0.1) is 0 Å². The largest absolute Gasteiger partial charge is 0.308 e. The van der Waals surface area contributed by atoms with E-state index in [0.717, 1.165) is 18.2 Å². The van der Waals surface area contributed by atoms with Gasteiger partial charge >= 0.3 is 0 Å². The molecule has 98 valence electrons. The van der Waals surface area contributed by atoms with Crippen molar-refractivity contribution in [3.63, 3.8) is 0 Å². The quantitative estimate of drug-likeness (QED) is 0.774. The highest BCUT2D eigenvalue weighted by Gasteiger charge is 2.14. The third-order valence-corrected chi connectivity index (χ3v) is 4.06. The van der Waals surface area contributed by atoms with Crippen LogP contribution in [0.25, 0.3) is 0 Å². The molecule has 0 aliphatic carbocycles. The Morgan fingerprint density at radius 2 is 2.18 bits per heavy atom. The van der Waals surface area contributed by atoms with Crippen molar-refractivity contribution in [3.8, 4) is 0 Å². The van der Waals surface area contributed by atoms with Crippen LogP contribution in [0.4, 0.5) is 0 Å². The Kier molecular flexibility index (Phi) is 6.66. The van der Waals surface area contributed by atoms with Crippen molar-refractivity contribution in [1.82, 2.24) is 15.1 Å². The summed E-state index contributed by atoms with van der Waals surface area (Å²) in [6.07, 6.45) is 3.05. The monoisotopic (exact) mass is 255 g/mol. The number of rotatable bonds is 8. The first kappa shape index (κ1) is 14.6. The highest BCUT2D eigenvalue weighted by Crippen LogP contribution is 2.19. The van der Waals surface area contributed by atoms with Gasteiger partial charge in [0.05, 0.1) is 11.7 Å². The molecule has 1 heterocycles. The molecule has 1 N–H and O–H groups in total. The second-order valence-corrected chi connectivity index (χ2v) is 5.89. The normalized spacial score (nSPS) is 13.2. The summed E-state index contributed by atoms with van der Waals surface area (Å²) in [4.78, 5) is 0. The molecule has 0 aromatic carbocycles. The maximum absolute atomic E-state index is 4.26. The van der Waals surface area contributed by atoms with Crippen molar-refractivity contribution in [2.75, 3.05) is 18.1 Å². The summed E-state index contributed by atoms with van der Waals surface area (Å²) < 4.78 is 1.98. The van der Waals surface area contributed by atoms with Crippen LogP contribution in [0.5, 0.6) is 0 Å². The second-order valence-electron chi connectivity index (χ2n) is 4.82. The standard InChI is InChI=1S/C13H25N3S/c1-5-7-14-12(10-17-9-11(2)3)13-6-8-15-16(13)4/h6,8,11-12,14H,5,7,9-10H2,1-4H3. The molecule has 1 rings (SSSR count). The van der Waals surface area contributed by atoms with Gasteiger partial charge in [0.2, 0.25) is 0 Å². The van der Waals surface area contributed by atoms with Crippen molar-refractivity contribution in [1.29, 1.82) is 0 Å². The SMILES string of the molecule is CCCNC(CSCC(C)C)c1ccnn1C. The van der Waals surface area contributed by atoms with Crippen molar-refractivity contribution < 1.29 is 0 Å². The fourth-order valence-electron chi connectivity index (χ4n) is 1.71. The van der Waals surface area contributed by atoms with Crippen LogP contribution in [0.2, 0.25) is 0 Å². The zero-order chi connectivity index (χ0) is 12.7. The topological polar surface area (TPSA) is 29.9 Å². The molecule has 0 amide bonds. The van der Waals surface area contributed by atoms with E-state index in [0.29, 0.717) is 6.04 Å². The highest BCUT2D eigenvalue weighted by molar-refractivity contribution is 7.99. The number of hydrogen-bond acceptors (Lipinski definition) is 3. The molecule has 0 spiro atoms. The number of nitrogens with zero attached hydrogens (tertiary/aromatic N) is 2. The van der Waals surface area contributed by atoms with Gasteiger partial charge in [-0.3, -0.25) is 4.68 Å². The van der Waals surface area contributed by atoms with Gasteiger partial charge in [0.1, 0.15) is 0 Å². The molecule has 0 saturated carbocycles. The predicted octanol–water partition coefficient (Wildman–Crippen LogP) is 2.85. The molecule has 3 nitrogen and oxygen atoms in total. The maximum atomic E-state index is 4.26. The lowest BCUT2D eigenvalue weighted by molar-refractivity contribution is 0.534. The third-order valence-electron chi connectivity index (χ3n) is 2.59. The smallest absolute Gasteiger partial charge is 0.0583 e. The summed E-state index contributed by atoms with van der Waals surface area (Å²) in [6, 6.07) is 2.54. The van der Waals surface area contributed by atoms with E-state index in [1.165, 1.54) is 17.9 Å². The lowest BCUT2D eigenvalue weighted by atomic mass is 10.2. The molecule has 0 fully saturated rings.